The Morgan fingerprint density at radius 3 is 2.35 bits per heavy atom. The van der Waals surface area contributed by atoms with Crippen LogP contribution in [0.25, 0.3) is 53.3 Å². The summed E-state index contributed by atoms with van der Waals surface area (Å²) in [5.41, 5.74) is 7.43. The first kappa shape index (κ1) is 22.4. The Morgan fingerprint density at radius 2 is 1.57 bits per heavy atom. The van der Waals surface area contributed by atoms with E-state index in [1.54, 1.807) is 0 Å². The van der Waals surface area contributed by atoms with Gasteiger partial charge in [-0.1, -0.05) is 76.2 Å². The average molecular weight is 500 g/mol. The van der Waals surface area contributed by atoms with Gasteiger partial charge in [0, 0.05) is 28.1 Å². The van der Waals surface area contributed by atoms with Crippen molar-refractivity contribution in [2.24, 2.45) is 10.9 Å². The zero-order valence-corrected chi connectivity index (χ0v) is 22.4. The molecule has 2 aromatic heterocycles. The molecule has 0 fully saturated rings. The Balaban J connectivity index is 1.34. The van der Waals surface area contributed by atoms with Gasteiger partial charge in [0.05, 0.1) is 22.5 Å². The van der Waals surface area contributed by atoms with Crippen molar-refractivity contribution in [2.45, 2.75) is 40.0 Å². The fraction of sp³-hybridized carbons (Fsp3) is 0.212. The zero-order chi connectivity index (χ0) is 25.3. The fourth-order valence-corrected chi connectivity index (χ4v) is 6.59. The number of benzene rings is 4. The van der Waals surface area contributed by atoms with Crippen LogP contribution >= 0.6 is 11.3 Å². The number of hydrogen-bond acceptors (Lipinski definition) is 3. The highest BCUT2D eigenvalue weighted by Gasteiger charge is 2.23. The molecule has 182 valence electrons. The van der Waals surface area contributed by atoms with Crippen LogP contribution in [0.2, 0.25) is 0 Å². The van der Waals surface area contributed by atoms with E-state index in [0.717, 1.165) is 17.9 Å². The SMILES string of the molecule is CC(C)C1=Nc2c(c3ccc(-c4ccc5cc(-c6cnc(C(C)C)[nH]6)sc5c4)cc3c3ccccc23)C1. The van der Waals surface area contributed by atoms with Gasteiger partial charge in [0.1, 0.15) is 5.82 Å². The normalized spacial score (nSPS) is 13.4. The molecule has 3 heterocycles. The van der Waals surface area contributed by atoms with Crippen molar-refractivity contribution in [3.8, 4) is 21.7 Å². The van der Waals surface area contributed by atoms with Gasteiger partial charge in [-0.15, -0.1) is 11.3 Å². The summed E-state index contributed by atoms with van der Waals surface area (Å²) >= 11 is 1.82. The summed E-state index contributed by atoms with van der Waals surface area (Å²) in [5.74, 6) is 1.89. The number of aliphatic imine (C=N–C) groups is 1. The molecule has 1 aliphatic rings. The van der Waals surface area contributed by atoms with Gasteiger partial charge in [-0.25, -0.2) is 4.98 Å². The number of hydrogen-bond donors (Lipinski definition) is 1. The standard InChI is InChI=1S/C33H29N3S/c1-18(2)28-16-27-24-12-11-20(13-26(24)23-7-5-6-8-25(23)32(27)35-28)21-9-10-22-15-31(37-30(22)14-21)29-17-34-33(36-29)19(3)4/h5-15,17-19H,16H2,1-4H3,(H,34,36). The monoisotopic (exact) mass is 499 g/mol. The van der Waals surface area contributed by atoms with Crippen LogP contribution in [-0.4, -0.2) is 15.7 Å². The lowest BCUT2D eigenvalue weighted by molar-refractivity contribution is 0.795. The van der Waals surface area contributed by atoms with Crippen molar-refractivity contribution in [1.82, 2.24) is 9.97 Å². The molecular formula is C33H29N3S. The van der Waals surface area contributed by atoms with Gasteiger partial charge in [-0.2, -0.15) is 0 Å². The third-order valence-electron chi connectivity index (χ3n) is 7.64. The maximum Gasteiger partial charge on any atom is 0.109 e. The lowest BCUT2D eigenvalue weighted by Crippen LogP contribution is -2.06. The van der Waals surface area contributed by atoms with Crippen LogP contribution in [0.4, 0.5) is 5.69 Å². The Labute approximate surface area is 220 Å². The number of thiophene rings is 1. The highest BCUT2D eigenvalue weighted by atomic mass is 32.1. The molecule has 0 saturated heterocycles. The Bertz CT molecular complexity index is 1870. The van der Waals surface area contributed by atoms with E-state index in [9.17, 15) is 0 Å². The van der Waals surface area contributed by atoms with Gasteiger partial charge >= 0.3 is 0 Å². The lowest BCUT2D eigenvalue weighted by Gasteiger charge is -2.12. The minimum absolute atomic E-state index is 0.392. The van der Waals surface area contributed by atoms with Crippen LogP contribution in [-0.2, 0) is 6.42 Å². The molecule has 0 unspecified atom stereocenters. The van der Waals surface area contributed by atoms with Crippen LogP contribution in [0, 0.1) is 5.92 Å². The summed E-state index contributed by atoms with van der Waals surface area (Å²) in [6.45, 7) is 8.82. The second kappa shape index (κ2) is 8.39. The van der Waals surface area contributed by atoms with E-state index in [4.69, 9.17) is 4.99 Å². The molecule has 7 rings (SSSR count). The maximum absolute atomic E-state index is 5.09. The largest absolute Gasteiger partial charge is 0.341 e. The molecule has 1 aliphatic heterocycles. The molecule has 0 bridgehead atoms. The summed E-state index contributed by atoms with van der Waals surface area (Å²) in [5, 5.41) is 6.46. The quantitative estimate of drug-likeness (QED) is 0.241. The number of fused-ring (bicyclic) bond motifs is 7. The van der Waals surface area contributed by atoms with Gasteiger partial charge in [-0.3, -0.25) is 4.99 Å². The smallest absolute Gasteiger partial charge is 0.109 e. The molecule has 3 nitrogen and oxygen atoms in total. The summed E-state index contributed by atoms with van der Waals surface area (Å²) in [6.07, 6.45) is 2.91. The number of nitrogens with one attached hydrogen (secondary N) is 1. The predicted molar refractivity (Wildman–Crippen MR) is 160 cm³/mol. The molecule has 0 aliphatic carbocycles. The first-order chi connectivity index (χ1) is 18.0. The van der Waals surface area contributed by atoms with Gasteiger partial charge in [0.15, 0.2) is 0 Å². The van der Waals surface area contributed by atoms with Crippen molar-refractivity contribution in [3.63, 3.8) is 0 Å². The number of nitrogens with zero attached hydrogens (tertiary/aromatic N) is 2. The molecule has 4 heteroatoms. The van der Waals surface area contributed by atoms with Gasteiger partial charge in [0.2, 0.25) is 0 Å². The lowest BCUT2D eigenvalue weighted by atomic mass is 9.91. The molecule has 1 N–H and O–H groups in total. The van der Waals surface area contributed by atoms with Crippen molar-refractivity contribution in [1.29, 1.82) is 0 Å². The number of H-pyrrole nitrogens is 1. The Hall–Kier alpha value is -3.76. The summed E-state index contributed by atoms with van der Waals surface area (Å²) in [4.78, 5) is 14.4. The summed E-state index contributed by atoms with van der Waals surface area (Å²) in [6, 6.07) is 24.8. The van der Waals surface area contributed by atoms with E-state index in [0.29, 0.717) is 11.8 Å². The molecule has 6 aromatic rings. The van der Waals surface area contributed by atoms with Gasteiger partial charge in [-0.05, 0) is 62.4 Å². The topological polar surface area (TPSA) is 41.0 Å². The number of rotatable bonds is 4. The van der Waals surface area contributed by atoms with Crippen LogP contribution in [0.3, 0.4) is 0 Å². The van der Waals surface area contributed by atoms with Gasteiger partial charge < -0.3 is 4.98 Å². The second-order valence-corrected chi connectivity index (χ2v) is 11.9. The second-order valence-electron chi connectivity index (χ2n) is 10.8. The molecule has 0 saturated carbocycles. The molecule has 0 atom stereocenters. The minimum atomic E-state index is 0.392. The first-order valence-corrected chi connectivity index (χ1v) is 13.9. The third-order valence-corrected chi connectivity index (χ3v) is 8.78. The maximum atomic E-state index is 5.09. The Morgan fingerprint density at radius 1 is 0.784 bits per heavy atom. The van der Waals surface area contributed by atoms with Crippen molar-refractivity contribution >= 4 is 54.4 Å². The molecule has 0 amide bonds. The minimum Gasteiger partial charge on any atom is -0.341 e. The van der Waals surface area contributed by atoms with Crippen LogP contribution in [0.15, 0.2) is 77.9 Å². The molecule has 4 aromatic carbocycles. The van der Waals surface area contributed by atoms with Crippen molar-refractivity contribution in [3.05, 3.63) is 84.3 Å². The Kier molecular flexibility index (Phi) is 5.09. The fourth-order valence-electron chi connectivity index (χ4n) is 5.53. The van der Waals surface area contributed by atoms with Crippen LogP contribution in [0.1, 0.15) is 45.0 Å². The molecule has 0 radical (unpaired) electrons. The van der Waals surface area contributed by atoms with E-state index in [-0.39, 0.29) is 0 Å². The summed E-state index contributed by atoms with van der Waals surface area (Å²) < 4.78 is 1.29. The summed E-state index contributed by atoms with van der Waals surface area (Å²) in [7, 11) is 0. The number of aromatic nitrogens is 2. The van der Waals surface area contributed by atoms with Crippen LogP contribution in [0.5, 0.6) is 0 Å². The van der Waals surface area contributed by atoms with E-state index in [1.165, 1.54) is 64.6 Å². The molecular weight excluding hydrogens is 470 g/mol. The van der Waals surface area contributed by atoms with E-state index in [2.05, 4.69) is 104 Å². The van der Waals surface area contributed by atoms with E-state index in [1.807, 2.05) is 17.5 Å². The van der Waals surface area contributed by atoms with Crippen LogP contribution < -0.4 is 0 Å². The number of aromatic amines is 1. The van der Waals surface area contributed by atoms with Gasteiger partial charge in [0.25, 0.3) is 0 Å². The average Bonchev–Trinajstić information content (AvgIpc) is 3.66. The van der Waals surface area contributed by atoms with E-state index < -0.39 is 0 Å². The molecule has 37 heavy (non-hydrogen) atoms. The zero-order valence-electron chi connectivity index (χ0n) is 21.6. The highest BCUT2D eigenvalue weighted by Crippen LogP contribution is 2.44. The third kappa shape index (κ3) is 3.62. The molecule has 0 spiro atoms. The first-order valence-electron chi connectivity index (χ1n) is 13.1. The van der Waals surface area contributed by atoms with E-state index >= 15 is 0 Å². The van der Waals surface area contributed by atoms with Crippen molar-refractivity contribution < 1.29 is 0 Å². The van der Waals surface area contributed by atoms with Crippen molar-refractivity contribution in [2.75, 3.05) is 0 Å². The number of imidazole rings is 1. The predicted octanol–water partition coefficient (Wildman–Crippen LogP) is 9.67. The highest BCUT2D eigenvalue weighted by molar-refractivity contribution is 7.22.